The maximum atomic E-state index is 13.5. The molecule has 0 aliphatic heterocycles. The predicted octanol–water partition coefficient (Wildman–Crippen LogP) is 5.66. The summed E-state index contributed by atoms with van der Waals surface area (Å²) in [6.07, 6.45) is 1.96. The third kappa shape index (κ3) is 6.86. The van der Waals surface area contributed by atoms with Crippen LogP contribution in [0.1, 0.15) is 35.5 Å². The molecule has 3 rings (SSSR count). The summed E-state index contributed by atoms with van der Waals surface area (Å²) in [6, 6.07) is 18.6. The lowest BCUT2D eigenvalue weighted by Crippen LogP contribution is -2.44. The Bertz CT molecular complexity index is 1100. The molecule has 0 bridgehead atoms. The molecule has 0 saturated heterocycles. The number of nitrogens with zero attached hydrogens (tertiary/aromatic N) is 3. The summed E-state index contributed by atoms with van der Waals surface area (Å²) in [6.45, 7) is 5.38. The van der Waals surface area contributed by atoms with Crippen LogP contribution in [0.15, 0.2) is 66.9 Å². The van der Waals surface area contributed by atoms with Gasteiger partial charge in [0, 0.05) is 37.6 Å². The minimum absolute atomic E-state index is 0.0193. The van der Waals surface area contributed by atoms with E-state index in [9.17, 15) is 9.59 Å². The number of hydrogen-bond acceptors (Lipinski definition) is 2. The monoisotopic (exact) mass is 485 g/mol. The average Bonchev–Trinajstić information content (AvgIpc) is 3.19. The molecule has 1 aromatic heterocycles. The van der Waals surface area contributed by atoms with Gasteiger partial charge >= 0.3 is 0 Å². The number of rotatable bonds is 9. The molecule has 2 amide bonds. The first-order valence-electron chi connectivity index (χ1n) is 10.9. The van der Waals surface area contributed by atoms with Crippen LogP contribution in [0.2, 0.25) is 10.0 Å². The third-order valence-electron chi connectivity index (χ3n) is 5.34. The average molecular weight is 486 g/mol. The summed E-state index contributed by atoms with van der Waals surface area (Å²) in [4.78, 5) is 30.2. The van der Waals surface area contributed by atoms with Gasteiger partial charge in [-0.25, -0.2) is 0 Å². The largest absolute Gasteiger partial charge is 0.353 e. The molecule has 5 nitrogen and oxygen atoms in total. The molecule has 0 aliphatic carbocycles. The van der Waals surface area contributed by atoms with Crippen LogP contribution in [0.25, 0.3) is 0 Å². The fraction of sp³-hybridized carbons (Fsp3) is 0.308. The second-order valence-electron chi connectivity index (χ2n) is 8.55. The van der Waals surface area contributed by atoms with E-state index in [0.29, 0.717) is 35.2 Å². The zero-order chi connectivity index (χ0) is 24.0. The molecular weight excluding hydrogens is 457 g/mol. The molecule has 0 radical (unpaired) electrons. The lowest BCUT2D eigenvalue weighted by Gasteiger charge is -2.29. The zero-order valence-corrected chi connectivity index (χ0v) is 20.7. The molecule has 0 aliphatic rings. The van der Waals surface area contributed by atoms with E-state index < -0.39 is 0 Å². The molecule has 0 fully saturated rings. The number of aromatic nitrogens is 1. The van der Waals surface area contributed by atoms with Crippen molar-refractivity contribution in [3.05, 3.63) is 93.7 Å². The highest BCUT2D eigenvalue weighted by molar-refractivity contribution is 6.42. The Balaban J connectivity index is 1.84. The number of halogens is 2. The summed E-state index contributed by atoms with van der Waals surface area (Å²) in [5.41, 5.74) is 2.46. The van der Waals surface area contributed by atoms with Gasteiger partial charge in [-0.2, -0.15) is 0 Å². The first kappa shape index (κ1) is 24.9. The van der Waals surface area contributed by atoms with Crippen LogP contribution in [-0.4, -0.2) is 39.3 Å². The molecule has 2 aromatic carbocycles. The Morgan fingerprint density at radius 1 is 0.909 bits per heavy atom. The van der Waals surface area contributed by atoms with E-state index in [1.54, 1.807) is 28.0 Å². The second kappa shape index (κ2) is 11.4. The zero-order valence-electron chi connectivity index (χ0n) is 19.2. The van der Waals surface area contributed by atoms with Crippen molar-refractivity contribution in [1.29, 1.82) is 0 Å². The van der Waals surface area contributed by atoms with E-state index in [4.69, 9.17) is 23.2 Å². The Hall–Kier alpha value is -2.76. The molecule has 3 aromatic rings. The first-order chi connectivity index (χ1) is 15.7. The van der Waals surface area contributed by atoms with E-state index in [-0.39, 0.29) is 24.3 Å². The van der Waals surface area contributed by atoms with Crippen LogP contribution in [-0.2, 0) is 24.9 Å². The Kier molecular flexibility index (Phi) is 8.59. The number of amides is 2. The van der Waals surface area contributed by atoms with Gasteiger partial charge in [0.1, 0.15) is 6.54 Å². The van der Waals surface area contributed by atoms with Gasteiger partial charge in [0.25, 0.3) is 5.91 Å². The van der Waals surface area contributed by atoms with E-state index >= 15 is 0 Å². The van der Waals surface area contributed by atoms with Gasteiger partial charge in [0.05, 0.1) is 16.6 Å². The van der Waals surface area contributed by atoms with Gasteiger partial charge < -0.3 is 14.4 Å². The van der Waals surface area contributed by atoms with E-state index in [1.807, 2.05) is 74.1 Å². The highest BCUT2D eigenvalue weighted by Crippen LogP contribution is 2.23. The van der Waals surface area contributed by atoms with Crippen molar-refractivity contribution in [1.82, 2.24) is 14.4 Å². The van der Waals surface area contributed by atoms with Crippen molar-refractivity contribution in [3.63, 3.8) is 0 Å². The van der Waals surface area contributed by atoms with Gasteiger partial charge in [-0.15, -0.1) is 0 Å². The van der Waals surface area contributed by atoms with Crippen LogP contribution in [0.5, 0.6) is 0 Å². The fourth-order valence-corrected chi connectivity index (χ4v) is 3.93. The van der Waals surface area contributed by atoms with Crippen molar-refractivity contribution in [2.75, 3.05) is 13.1 Å². The minimum Gasteiger partial charge on any atom is -0.353 e. The van der Waals surface area contributed by atoms with E-state index in [2.05, 4.69) is 0 Å². The third-order valence-corrected chi connectivity index (χ3v) is 6.08. The maximum Gasteiger partial charge on any atom is 0.254 e. The number of carbonyl (C=O) groups excluding carboxylic acids is 2. The standard InChI is InChI=1S/C26H29Cl2N3O2/c1-19(2)15-31(26(33)21-11-12-23(27)24(28)14-21)18-25(32)30(16-20-8-5-4-6-9-20)17-22-10-7-13-29(22)3/h4-14,19H,15-18H2,1-3H3. The van der Waals surface area contributed by atoms with Crippen molar-refractivity contribution >= 4 is 35.0 Å². The van der Waals surface area contributed by atoms with Crippen molar-refractivity contribution in [2.24, 2.45) is 13.0 Å². The smallest absolute Gasteiger partial charge is 0.254 e. The quantitative estimate of drug-likeness (QED) is 0.392. The number of hydrogen-bond donors (Lipinski definition) is 0. The Morgan fingerprint density at radius 2 is 1.64 bits per heavy atom. The van der Waals surface area contributed by atoms with Crippen molar-refractivity contribution < 1.29 is 9.59 Å². The summed E-state index contributed by atoms with van der Waals surface area (Å²) in [7, 11) is 1.96. The van der Waals surface area contributed by atoms with E-state index in [1.165, 1.54) is 0 Å². The van der Waals surface area contributed by atoms with E-state index in [0.717, 1.165) is 11.3 Å². The molecule has 0 atom stereocenters. The number of carbonyl (C=O) groups is 2. The molecule has 0 spiro atoms. The molecule has 0 N–H and O–H groups in total. The fourth-order valence-electron chi connectivity index (χ4n) is 3.63. The summed E-state index contributed by atoms with van der Waals surface area (Å²) >= 11 is 12.1. The van der Waals surface area contributed by atoms with Crippen molar-refractivity contribution in [3.8, 4) is 0 Å². The SMILES string of the molecule is CC(C)CN(CC(=O)N(Cc1ccccc1)Cc1cccn1C)C(=O)c1ccc(Cl)c(Cl)c1. The maximum absolute atomic E-state index is 13.5. The minimum atomic E-state index is -0.242. The van der Waals surface area contributed by atoms with Gasteiger partial charge in [0.15, 0.2) is 0 Å². The topological polar surface area (TPSA) is 45.6 Å². The second-order valence-corrected chi connectivity index (χ2v) is 9.37. The predicted molar refractivity (Wildman–Crippen MR) is 133 cm³/mol. The summed E-state index contributed by atoms with van der Waals surface area (Å²) in [5.74, 6) is -0.164. The van der Waals surface area contributed by atoms with Gasteiger partial charge in [-0.3, -0.25) is 9.59 Å². The lowest BCUT2D eigenvalue weighted by atomic mass is 10.1. The van der Waals surface area contributed by atoms with Crippen LogP contribution in [0.3, 0.4) is 0 Å². The number of aryl methyl sites for hydroxylation is 1. The van der Waals surface area contributed by atoms with Gasteiger partial charge in [0.2, 0.25) is 5.91 Å². The highest BCUT2D eigenvalue weighted by atomic mass is 35.5. The highest BCUT2D eigenvalue weighted by Gasteiger charge is 2.24. The summed E-state index contributed by atoms with van der Waals surface area (Å²) < 4.78 is 2.00. The lowest BCUT2D eigenvalue weighted by molar-refractivity contribution is -0.133. The molecule has 33 heavy (non-hydrogen) atoms. The number of benzene rings is 2. The molecule has 7 heteroatoms. The van der Waals surface area contributed by atoms with Crippen LogP contribution in [0, 0.1) is 5.92 Å². The van der Waals surface area contributed by atoms with Gasteiger partial charge in [-0.1, -0.05) is 67.4 Å². The molecule has 0 unspecified atom stereocenters. The Labute approximate surface area is 205 Å². The van der Waals surface area contributed by atoms with Crippen LogP contribution < -0.4 is 0 Å². The summed E-state index contributed by atoms with van der Waals surface area (Å²) in [5, 5.41) is 0.698. The van der Waals surface area contributed by atoms with Gasteiger partial charge in [-0.05, 0) is 41.8 Å². The normalized spacial score (nSPS) is 11.0. The molecular formula is C26H29Cl2N3O2. The molecule has 1 heterocycles. The first-order valence-corrected chi connectivity index (χ1v) is 11.7. The van der Waals surface area contributed by atoms with Crippen molar-refractivity contribution in [2.45, 2.75) is 26.9 Å². The van der Waals surface area contributed by atoms with Crippen LogP contribution in [0.4, 0.5) is 0 Å². The Morgan fingerprint density at radius 3 is 2.24 bits per heavy atom. The molecule has 0 saturated carbocycles. The van der Waals surface area contributed by atoms with Crippen LogP contribution >= 0.6 is 23.2 Å². The molecule has 174 valence electrons.